The zero-order chi connectivity index (χ0) is 12.0. The van der Waals surface area contributed by atoms with Gasteiger partial charge in [-0.05, 0) is 6.42 Å². The molecule has 90 valence electrons. The monoisotopic (exact) mass is 247 g/mol. The summed E-state index contributed by atoms with van der Waals surface area (Å²) in [7, 11) is -2.20. The first-order chi connectivity index (χ1) is 7.53. The zero-order valence-electron chi connectivity index (χ0n) is 8.76. The van der Waals surface area contributed by atoms with Gasteiger partial charge in [0.1, 0.15) is 0 Å². The molecule has 0 saturated heterocycles. The van der Waals surface area contributed by atoms with E-state index in [1.54, 1.807) is 0 Å². The molecule has 1 aromatic rings. The number of sulfonamides is 1. The Morgan fingerprint density at radius 3 is 2.94 bits per heavy atom. The Morgan fingerprint density at radius 2 is 2.38 bits per heavy atom. The number of rotatable bonds is 6. The third kappa shape index (κ3) is 4.30. The van der Waals surface area contributed by atoms with Crippen LogP contribution in [0, 0.1) is 0 Å². The standard InChI is InChI=1S/C8H13N3O4S/c1-15-7(12)3-2-6-16(13,14)11-8-9-4-5-10-8/h4-5H,2-3,6H2,1H3,(H2,9,10,11). The van der Waals surface area contributed by atoms with Crippen molar-refractivity contribution < 1.29 is 17.9 Å². The molecule has 7 nitrogen and oxygen atoms in total. The van der Waals surface area contributed by atoms with Crippen LogP contribution in [0.25, 0.3) is 0 Å². The Kier molecular flexibility index (Phi) is 4.29. The molecule has 0 fully saturated rings. The van der Waals surface area contributed by atoms with Crippen LogP contribution in [-0.2, 0) is 19.6 Å². The quantitative estimate of drug-likeness (QED) is 0.694. The number of aromatic nitrogens is 2. The lowest BCUT2D eigenvalue weighted by molar-refractivity contribution is -0.140. The van der Waals surface area contributed by atoms with Crippen molar-refractivity contribution in [3.05, 3.63) is 12.4 Å². The number of imidazole rings is 1. The van der Waals surface area contributed by atoms with Crippen LogP contribution < -0.4 is 4.72 Å². The van der Waals surface area contributed by atoms with Crippen LogP contribution in [0.2, 0.25) is 0 Å². The van der Waals surface area contributed by atoms with E-state index < -0.39 is 16.0 Å². The Hall–Kier alpha value is -1.57. The van der Waals surface area contributed by atoms with Crippen LogP contribution >= 0.6 is 0 Å². The minimum atomic E-state index is -3.46. The van der Waals surface area contributed by atoms with E-state index in [4.69, 9.17) is 0 Å². The number of hydrogen-bond acceptors (Lipinski definition) is 5. The lowest BCUT2D eigenvalue weighted by Crippen LogP contribution is -2.18. The zero-order valence-corrected chi connectivity index (χ0v) is 9.58. The molecule has 16 heavy (non-hydrogen) atoms. The van der Waals surface area contributed by atoms with Gasteiger partial charge in [0.2, 0.25) is 16.0 Å². The third-order valence-corrected chi connectivity index (χ3v) is 3.10. The van der Waals surface area contributed by atoms with E-state index in [1.807, 2.05) is 0 Å². The number of ether oxygens (including phenoxy) is 1. The van der Waals surface area contributed by atoms with Gasteiger partial charge in [0.15, 0.2) is 0 Å². The van der Waals surface area contributed by atoms with Crippen molar-refractivity contribution in [1.82, 2.24) is 9.97 Å². The van der Waals surface area contributed by atoms with E-state index in [1.165, 1.54) is 19.5 Å². The number of methoxy groups -OCH3 is 1. The normalized spacial score (nSPS) is 11.1. The van der Waals surface area contributed by atoms with Gasteiger partial charge in [-0.25, -0.2) is 13.4 Å². The number of carbonyl (C=O) groups excluding carboxylic acids is 1. The minimum Gasteiger partial charge on any atom is -0.469 e. The second-order valence-corrected chi connectivity index (χ2v) is 4.88. The molecule has 8 heteroatoms. The van der Waals surface area contributed by atoms with Crippen LogP contribution in [-0.4, -0.2) is 37.2 Å². The second-order valence-electron chi connectivity index (χ2n) is 3.04. The molecule has 0 bridgehead atoms. The molecule has 0 atom stereocenters. The molecule has 2 N–H and O–H groups in total. The average Bonchev–Trinajstić information content (AvgIpc) is 2.69. The number of nitrogens with zero attached hydrogens (tertiary/aromatic N) is 1. The minimum absolute atomic E-state index is 0.0789. The van der Waals surface area contributed by atoms with Crippen LogP contribution in [0.15, 0.2) is 12.4 Å². The predicted octanol–water partition coefficient (Wildman–Crippen LogP) is 0.105. The van der Waals surface area contributed by atoms with Crippen LogP contribution in [0.4, 0.5) is 5.95 Å². The summed E-state index contributed by atoms with van der Waals surface area (Å²) in [6.07, 6.45) is 3.23. The fourth-order valence-electron chi connectivity index (χ4n) is 1.03. The summed E-state index contributed by atoms with van der Waals surface area (Å²) in [5, 5.41) is 0. The molecule has 0 aliphatic heterocycles. The van der Waals surface area contributed by atoms with E-state index in [9.17, 15) is 13.2 Å². The summed E-state index contributed by atoms with van der Waals surface area (Å²) < 4.78 is 29.5. The Labute approximate surface area is 93.3 Å². The topological polar surface area (TPSA) is 101 Å². The van der Waals surface area contributed by atoms with E-state index in [-0.39, 0.29) is 24.5 Å². The number of aromatic amines is 1. The lowest BCUT2D eigenvalue weighted by atomic mass is 10.3. The van der Waals surface area contributed by atoms with E-state index in [0.717, 1.165) is 0 Å². The molecule has 0 aromatic carbocycles. The number of nitrogens with one attached hydrogen (secondary N) is 2. The maximum absolute atomic E-state index is 11.4. The van der Waals surface area contributed by atoms with Gasteiger partial charge in [0, 0.05) is 18.8 Å². The van der Waals surface area contributed by atoms with Crippen molar-refractivity contribution in [2.45, 2.75) is 12.8 Å². The molecule has 0 aliphatic carbocycles. The van der Waals surface area contributed by atoms with Gasteiger partial charge >= 0.3 is 5.97 Å². The van der Waals surface area contributed by atoms with Crippen molar-refractivity contribution in [2.75, 3.05) is 17.6 Å². The largest absolute Gasteiger partial charge is 0.469 e. The Balaban J connectivity index is 2.38. The molecular weight excluding hydrogens is 234 g/mol. The first-order valence-corrected chi connectivity index (χ1v) is 6.25. The van der Waals surface area contributed by atoms with E-state index in [0.29, 0.717) is 0 Å². The van der Waals surface area contributed by atoms with Gasteiger partial charge < -0.3 is 9.72 Å². The summed E-state index contributed by atoms with van der Waals surface area (Å²) in [6.45, 7) is 0. The highest BCUT2D eigenvalue weighted by molar-refractivity contribution is 7.92. The highest BCUT2D eigenvalue weighted by atomic mass is 32.2. The molecule has 1 heterocycles. The van der Waals surface area contributed by atoms with Crippen molar-refractivity contribution in [3.63, 3.8) is 0 Å². The second kappa shape index (κ2) is 5.50. The first-order valence-electron chi connectivity index (χ1n) is 4.60. The molecule has 0 radical (unpaired) electrons. The van der Waals surface area contributed by atoms with Crippen LogP contribution in [0.1, 0.15) is 12.8 Å². The van der Waals surface area contributed by atoms with Gasteiger partial charge in [-0.1, -0.05) is 0 Å². The number of hydrogen-bond donors (Lipinski definition) is 2. The van der Waals surface area contributed by atoms with Gasteiger partial charge in [-0.2, -0.15) is 0 Å². The summed E-state index contributed by atoms with van der Waals surface area (Å²) in [5.41, 5.74) is 0. The highest BCUT2D eigenvalue weighted by Gasteiger charge is 2.12. The smallest absolute Gasteiger partial charge is 0.305 e. The summed E-state index contributed by atoms with van der Waals surface area (Å²) in [4.78, 5) is 17.1. The van der Waals surface area contributed by atoms with Crippen LogP contribution in [0.3, 0.4) is 0 Å². The summed E-state index contributed by atoms with van der Waals surface area (Å²) >= 11 is 0. The predicted molar refractivity (Wildman–Crippen MR) is 57.2 cm³/mol. The number of esters is 1. The molecular formula is C8H13N3O4S. The maximum Gasteiger partial charge on any atom is 0.305 e. The van der Waals surface area contributed by atoms with Crippen molar-refractivity contribution >= 4 is 21.9 Å². The number of carbonyl (C=O) groups is 1. The lowest BCUT2D eigenvalue weighted by Gasteiger charge is -2.04. The molecule has 1 aromatic heterocycles. The van der Waals surface area contributed by atoms with Gasteiger partial charge in [0.05, 0.1) is 12.9 Å². The summed E-state index contributed by atoms with van der Waals surface area (Å²) in [5.74, 6) is -0.408. The molecule has 0 spiro atoms. The van der Waals surface area contributed by atoms with Crippen LogP contribution in [0.5, 0.6) is 0 Å². The average molecular weight is 247 g/mol. The fraction of sp³-hybridized carbons (Fsp3) is 0.500. The van der Waals surface area contributed by atoms with E-state index >= 15 is 0 Å². The SMILES string of the molecule is COC(=O)CCCS(=O)(=O)Nc1ncc[nH]1. The van der Waals surface area contributed by atoms with E-state index in [2.05, 4.69) is 19.4 Å². The molecule has 0 unspecified atom stereocenters. The maximum atomic E-state index is 11.4. The van der Waals surface area contributed by atoms with Gasteiger partial charge in [-0.15, -0.1) is 0 Å². The molecule has 0 aliphatic rings. The fourth-order valence-corrected chi connectivity index (χ4v) is 2.06. The van der Waals surface area contributed by atoms with Gasteiger partial charge in [0.25, 0.3) is 0 Å². The third-order valence-electron chi connectivity index (χ3n) is 1.77. The number of H-pyrrole nitrogens is 1. The molecule has 1 rings (SSSR count). The van der Waals surface area contributed by atoms with Crippen molar-refractivity contribution in [1.29, 1.82) is 0 Å². The Morgan fingerprint density at radius 1 is 1.62 bits per heavy atom. The highest BCUT2D eigenvalue weighted by Crippen LogP contribution is 2.03. The van der Waals surface area contributed by atoms with Crippen molar-refractivity contribution in [3.8, 4) is 0 Å². The van der Waals surface area contributed by atoms with Crippen molar-refractivity contribution in [2.24, 2.45) is 0 Å². The Bertz CT molecular complexity index is 426. The summed E-state index contributed by atoms with van der Waals surface area (Å²) in [6, 6.07) is 0. The number of anilines is 1. The molecule has 0 amide bonds. The molecule has 0 saturated carbocycles. The van der Waals surface area contributed by atoms with Gasteiger partial charge in [-0.3, -0.25) is 9.52 Å². The first kappa shape index (κ1) is 12.5.